The average Bonchev–Trinajstić information content (AvgIpc) is 2.42. The molecule has 0 spiro atoms. The maximum atomic E-state index is 10.9. The van der Waals surface area contributed by atoms with Crippen molar-refractivity contribution in [1.82, 2.24) is 4.90 Å². The van der Waals surface area contributed by atoms with Crippen LogP contribution in [0.1, 0.15) is 0 Å². The first-order valence-electron chi connectivity index (χ1n) is 5.98. The van der Waals surface area contributed by atoms with Crippen LogP contribution in [0.3, 0.4) is 0 Å². The van der Waals surface area contributed by atoms with E-state index < -0.39 is 68.8 Å². The quantitative estimate of drug-likeness (QED) is 0.0597. The molecule has 0 heterocycles. The Hall–Kier alpha value is 3.86. The normalized spacial score (nSPS) is 19.8. The topological polar surface area (TPSA) is 282 Å². The number of rotatable bonds is 15. The van der Waals surface area contributed by atoms with Crippen LogP contribution < -0.4 is 0 Å². The van der Waals surface area contributed by atoms with Crippen LogP contribution in [-0.2, 0) is 54.5 Å². The third kappa shape index (κ3) is 21.6. The van der Waals surface area contributed by atoms with Crippen molar-refractivity contribution < 1.29 is 83.9 Å². The first-order valence-corrected chi connectivity index (χ1v) is 13.6. The number of hydrogen-bond donors (Lipinski definition) is 6. The summed E-state index contributed by atoms with van der Waals surface area (Å²) in [6.45, 7) is 0. The van der Waals surface area contributed by atoms with Gasteiger partial charge in [-0.15, -0.1) is 0 Å². The molecule has 0 amide bonds. The van der Waals surface area contributed by atoms with E-state index in [4.69, 9.17) is 29.4 Å². The van der Waals surface area contributed by atoms with Crippen molar-refractivity contribution >= 4 is 138 Å². The molecule has 0 aliphatic rings. The Bertz CT molecular complexity index is 517. The summed E-state index contributed by atoms with van der Waals surface area (Å²) in [6.07, 6.45) is -8.23. The molecule has 0 aromatic heterocycles. The molecule has 0 radical (unpaired) electrons. The van der Waals surface area contributed by atoms with Crippen molar-refractivity contribution in [2.24, 2.45) is 0 Å². The van der Waals surface area contributed by atoms with Crippen LogP contribution in [0, 0.1) is 0 Å². The fourth-order valence-corrected chi connectivity index (χ4v) is 3.60. The molecule has 0 aromatic rings. The van der Waals surface area contributed by atoms with Crippen molar-refractivity contribution in [1.29, 1.82) is 0 Å². The molecule has 6 unspecified atom stereocenters. The van der Waals surface area contributed by atoms with Crippen molar-refractivity contribution in [2.75, 3.05) is 0 Å². The molecule has 0 aliphatic carbocycles. The van der Waals surface area contributed by atoms with E-state index in [9.17, 15) is 27.4 Å². The second-order valence-electron chi connectivity index (χ2n) is 3.67. The average molecular weight is 611 g/mol. The molecule has 0 fully saturated rings. The Morgan fingerprint density at radius 1 is 0.419 bits per heavy atom. The Kier molecular flexibility index (Phi) is 31.2. The van der Waals surface area contributed by atoms with Gasteiger partial charge in [-0.25, -0.2) is 0 Å². The zero-order valence-corrected chi connectivity index (χ0v) is 18.8. The van der Waals surface area contributed by atoms with E-state index in [1.54, 1.807) is 0 Å². The molecule has 6 atom stereocenters. The van der Waals surface area contributed by atoms with Gasteiger partial charge >= 0.3 is 138 Å². The van der Waals surface area contributed by atoms with Gasteiger partial charge in [0, 0.05) is 0 Å². The molecule has 6 N–H and O–H groups in total. The fourth-order valence-electron chi connectivity index (χ4n) is 1.25. The SMILES string of the molecule is O=[PH](O)OC(O[PH](=O)O)N(C(O[PH](=O)O)O[PH](=O)O)C(O[PH](=O)O)O[PH](=O)O.[NaH].[NaH].[NaH]. The molecule has 19 nitrogen and oxygen atoms in total. The molecule has 28 heteroatoms. The van der Waals surface area contributed by atoms with Crippen molar-refractivity contribution in [2.45, 2.75) is 19.2 Å². The third-order valence-electron chi connectivity index (χ3n) is 1.94. The van der Waals surface area contributed by atoms with Crippen molar-refractivity contribution in [3.8, 4) is 0 Å². The first kappa shape index (κ1) is 42.0. The Morgan fingerprint density at radius 2 is 0.548 bits per heavy atom. The molecule has 0 saturated carbocycles. The van der Waals surface area contributed by atoms with Crippen LogP contribution in [0.15, 0.2) is 0 Å². The van der Waals surface area contributed by atoms with Gasteiger partial charge in [0.15, 0.2) is 0 Å². The van der Waals surface area contributed by atoms with Crippen LogP contribution >= 0.6 is 49.5 Å². The maximum absolute atomic E-state index is 10.9. The zero-order chi connectivity index (χ0) is 22.0. The van der Waals surface area contributed by atoms with Crippen LogP contribution in [0.4, 0.5) is 0 Å². The monoisotopic (exact) mass is 611 g/mol. The molecule has 31 heavy (non-hydrogen) atoms. The molecule has 0 aliphatic heterocycles. The van der Waals surface area contributed by atoms with Crippen LogP contribution in [0.2, 0.25) is 0 Å². The van der Waals surface area contributed by atoms with Gasteiger partial charge in [0.05, 0.1) is 0 Å². The van der Waals surface area contributed by atoms with Gasteiger partial charge in [-0.05, 0) is 0 Å². The summed E-state index contributed by atoms with van der Waals surface area (Å²) in [6, 6.07) is 0. The van der Waals surface area contributed by atoms with Crippen molar-refractivity contribution in [3.63, 3.8) is 0 Å². The summed E-state index contributed by atoms with van der Waals surface area (Å²) in [5.41, 5.74) is 0. The molecule has 0 bridgehead atoms. The van der Waals surface area contributed by atoms with Gasteiger partial charge in [-0.2, -0.15) is 4.90 Å². The second kappa shape index (κ2) is 23.0. The number of hydrogen-bond acceptors (Lipinski definition) is 13. The van der Waals surface area contributed by atoms with E-state index in [2.05, 4.69) is 27.1 Å². The standard InChI is InChI=1S/C3H15NO18P6.3Na.3H/c5-23(6)17-1(18-24(7)8)4(2(19-25(9)10)20-26(11)12)3(21-27(13)14)22-28(15)16;;;;;;/h1-3,23-28H,(H,5,6)(H,7,8)(H,9,10)(H,11,12)(H,13,14)(H,15,16);;;;;;. The van der Waals surface area contributed by atoms with Gasteiger partial charge in [-0.3, -0.25) is 54.5 Å². The molecule has 0 rings (SSSR count). The summed E-state index contributed by atoms with van der Waals surface area (Å²) >= 11 is 0. The zero-order valence-electron chi connectivity index (χ0n) is 12.8. The summed E-state index contributed by atoms with van der Waals surface area (Å²) in [4.78, 5) is 52.8. The minimum absolute atomic E-state index is 0. The van der Waals surface area contributed by atoms with Crippen molar-refractivity contribution in [3.05, 3.63) is 0 Å². The Morgan fingerprint density at radius 3 is 0.645 bits per heavy atom. The van der Waals surface area contributed by atoms with E-state index in [0.717, 1.165) is 0 Å². The van der Waals surface area contributed by atoms with Crippen LogP contribution in [-0.4, -0.2) is 142 Å². The van der Waals surface area contributed by atoms with E-state index in [-0.39, 0.29) is 93.6 Å². The molecule has 0 aromatic carbocycles. The van der Waals surface area contributed by atoms with Gasteiger partial charge in [0.1, 0.15) is 0 Å². The Labute approximate surface area is 243 Å². The summed E-state index contributed by atoms with van der Waals surface area (Å²) < 4.78 is 90.6. The van der Waals surface area contributed by atoms with Crippen LogP contribution in [0.25, 0.3) is 0 Å². The van der Waals surface area contributed by atoms with Crippen LogP contribution in [0.5, 0.6) is 0 Å². The fraction of sp³-hybridized carbons (Fsp3) is 1.00. The van der Waals surface area contributed by atoms with Gasteiger partial charge in [-0.1, -0.05) is 0 Å². The van der Waals surface area contributed by atoms with E-state index >= 15 is 0 Å². The predicted molar refractivity (Wildman–Crippen MR) is 108 cm³/mol. The van der Waals surface area contributed by atoms with E-state index in [1.165, 1.54) is 0 Å². The third-order valence-corrected chi connectivity index (χ3v) is 4.36. The first-order chi connectivity index (χ1) is 12.8. The summed E-state index contributed by atoms with van der Waals surface area (Å²) in [7, 11) is -24.6. The molecular formula is C3H18NNa3O18P6. The van der Waals surface area contributed by atoms with Gasteiger partial charge < -0.3 is 29.4 Å². The molecular weight excluding hydrogens is 593 g/mol. The van der Waals surface area contributed by atoms with Gasteiger partial charge in [0.2, 0.25) is 19.2 Å². The summed E-state index contributed by atoms with van der Waals surface area (Å²) in [5.74, 6) is 0. The van der Waals surface area contributed by atoms with Gasteiger partial charge in [0.25, 0.3) is 0 Å². The molecule has 176 valence electrons. The van der Waals surface area contributed by atoms with E-state index in [1.807, 2.05) is 0 Å². The van der Waals surface area contributed by atoms with E-state index in [0.29, 0.717) is 0 Å². The minimum atomic E-state index is -4.10. The number of nitrogens with zero attached hydrogens (tertiary/aromatic N) is 1. The second-order valence-corrected chi connectivity index (χ2v) is 8.28. The molecule has 0 saturated heterocycles. The predicted octanol–water partition coefficient (Wildman–Crippen LogP) is -3.41. The Balaban J connectivity index is -0.00000121. The summed E-state index contributed by atoms with van der Waals surface area (Å²) in [5, 5.41) is 0.